The van der Waals surface area contributed by atoms with Crippen molar-refractivity contribution in [3.05, 3.63) is 36.0 Å². The lowest BCUT2D eigenvalue weighted by atomic mass is 10.2. The van der Waals surface area contributed by atoms with E-state index in [0.717, 1.165) is 17.3 Å². The topological polar surface area (TPSA) is 74.0 Å². The second-order valence-electron chi connectivity index (χ2n) is 5.01. The van der Waals surface area contributed by atoms with Gasteiger partial charge in [-0.05, 0) is 18.4 Å². The van der Waals surface area contributed by atoms with Crippen LogP contribution in [0.15, 0.2) is 30.5 Å². The number of rotatable bonds is 2. The Labute approximate surface area is 110 Å². The van der Waals surface area contributed by atoms with Crippen molar-refractivity contribution >= 4 is 22.7 Å². The number of nitrogens with one attached hydrogen (secondary N) is 3. The fourth-order valence-corrected chi connectivity index (χ4v) is 2.23. The molecule has 5 nitrogen and oxygen atoms in total. The molecule has 0 aliphatic heterocycles. The monoisotopic (exact) mass is 257 g/mol. The largest absolute Gasteiger partial charge is 0.360 e. The van der Waals surface area contributed by atoms with E-state index in [-0.39, 0.29) is 17.7 Å². The standard InChI is InChI=1S/C14H15N3O2/c1-8-6-10(8)13(18)16-17-14(19)11-7-15-12-5-3-2-4-9(11)12/h2-5,7-8,10,15H,6H2,1H3,(H,16,18)(H,17,19). The highest BCUT2D eigenvalue weighted by molar-refractivity contribution is 6.07. The highest BCUT2D eigenvalue weighted by Gasteiger charge is 2.39. The Balaban J connectivity index is 1.68. The van der Waals surface area contributed by atoms with Gasteiger partial charge in [-0.1, -0.05) is 25.1 Å². The van der Waals surface area contributed by atoms with Crippen LogP contribution in [0.1, 0.15) is 23.7 Å². The number of carbonyl (C=O) groups excluding carboxylic acids is 2. The van der Waals surface area contributed by atoms with Crippen LogP contribution in [0.2, 0.25) is 0 Å². The molecule has 1 heterocycles. The number of hydrogen-bond acceptors (Lipinski definition) is 2. The Bertz CT molecular complexity index is 647. The van der Waals surface area contributed by atoms with E-state index in [9.17, 15) is 9.59 Å². The third kappa shape index (κ3) is 2.19. The van der Waals surface area contributed by atoms with Gasteiger partial charge in [0.15, 0.2) is 0 Å². The Hall–Kier alpha value is -2.30. The van der Waals surface area contributed by atoms with E-state index in [2.05, 4.69) is 15.8 Å². The molecule has 3 rings (SSSR count). The van der Waals surface area contributed by atoms with Crippen LogP contribution in [-0.4, -0.2) is 16.8 Å². The first-order chi connectivity index (χ1) is 9.16. The lowest BCUT2D eigenvalue weighted by Crippen LogP contribution is -2.42. The number of hydrogen-bond donors (Lipinski definition) is 3. The van der Waals surface area contributed by atoms with Crippen LogP contribution in [0.3, 0.4) is 0 Å². The third-order valence-corrected chi connectivity index (χ3v) is 3.58. The molecule has 2 aromatic rings. The van der Waals surface area contributed by atoms with Gasteiger partial charge in [0.2, 0.25) is 5.91 Å². The molecular formula is C14H15N3O2. The number of carbonyl (C=O) groups is 2. The van der Waals surface area contributed by atoms with Crippen LogP contribution >= 0.6 is 0 Å². The second-order valence-corrected chi connectivity index (χ2v) is 5.01. The van der Waals surface area contributed by atoms with Gasteiger partial charge in [0.25, 0.3) is 5.91 Å². The molecule has 2 atom stereocenters. The smallest absolute Gasteiger partial charge is 0.271 e. The molecule has 1 aromatic carbocycles. The van der Waals surface area contributed by atoms with E-state index in [1.807, 2.05) is 31.2 Å². The van der Waals surface area contributed by atoms with Crippen LogP contribution in [0.5, 0.6) is 0 Å². The zero-order valence-electron chi connectivity index (χ0n) is 10.6. The van der Waals surface area contributed by atoms with Gasteiger partial charge in [-0.15, -0.1) is 0 Å². The van der Waals surface area contributed by atoms with Crippen molar-refractivity contribution < 1.29 is 9.59 Å². The fourth-order valence-electron chi connectivity index (χ4n) is 2.23. The maximum absolute atomic E-state index is 12.0. The van der Waals surface area contributed by atoms with Crippen LogP contribution in [0.4, 0.5) is 0 Å². The van der Waals surface area contributed by atoms with Crippen LogP contribution in [0, 0.1) is 11.8 Å². The summed E-state index contributed by atoms with van der Waals surface area (Å²) in [6.07, 6.45) is 2.54. The minimum Gasteiger partial charge on any atom is -0.360 e. The molecule has 98 valence electrons. The first-order valence-corrected chi connectivity index (χ1v) is 6.33. The Morgan fingerprint density at radius 1 is 1.26 bits per heavy atom. The van der Waals surface area contributed by atoms with Gasteiger partial charge in [0, 0.05) is 23.0 Å². The molecule has 5 heteroatoms. The summed E-state index contributed by atoms with van der Waals surface area (Å²) in [5.74, 6) is 0.0491. The quantitative estimate of drug-likeness (QED) is 0.715. The molecule has 0 bridgehead atoms. The summed E-state index contributed by atoms with van der Waals surface area (Å²) >= 11 is 0. The first kappa shape index (κ1) is 11.8. The van der Waals surface area contributed by atoms with Gasteiger partial charge in [0.1, 0.15) is 0 Å². The average Bonchev–Trinajstić information content (AvgIpc) is 3.00. The summed E-state index contributed by atoms with van der Waals surface area (Å²) in [5.41, 5.74) is 6.36. The van der Waals surface area contributed by atoms with Crippen molar-refractivity contribution in [1.29, 1.82) is 0 Å². The van der Waals surface area contributed by atoms with E-state index >= 15 is 0 Å². The highest BCUT2D eigenvalue weighted by Crippen LogP contribution is 2.37. The number of para-hydroxylation sites is 1. The SMILES string of the molecule is CC1CC1C(=O)NNC(=O)c1c[nH]c2ccccc12. The predicted octanol–water partition coefficient (Wildman–Crippen LogP) is 1.58. The molecule has 1 aliphatic rings. The molecule has 19 heavy (non-hydrogen) atoms. The highest BCUT2D eigenvalue weighted by atomic mass is 16.2. The lowest BCUT2D eigenvalue weighted by molar-refractivity contribution is -0.123. The predicted molar refractivity (Wildman–Crippen MR) is 71.2 cm³/mol. The molecule has 0 spiro atoms. The molecule has 3 N–H and O–H groups in total. The molecule has 0 saturated heterocycles. The van der Waals surface area contributed by atoms with E-state index in [4.69, 9.17) is 0 Å². The summed E-state index contributed by atoms with van der Waals surface area (Å²) in [7, 11) is 0. The van der Waals surface area contributed by atoms with E-state index in [1.165, 1.54) is 0 Å². The molecule has 1 aliphatic carbocycles. The minimum absolute atomic E-state index is 0.0447. The molecular weight excluding hydrogens is 242 g/mol. The van der Waals surface area contributed by atoms with Gasteiger partial charge >= 0.3 is 0 Å². The number of aromatic amines is 1. The number of aromatic nitrogens is 1. The minimum atomic E-state index is -0.306. The lowest BCUT2D eigenvalue weighted by Gasteiger charge is -2.06. The van der Waals surface area contributed by atoms with Gasteiger partial charge in [-0.2, -0.15) is 0 Å². The summed E-state index contributed by atoms with van der Waals surface area (Å²) in [4.78, 5) is 26.6. The molecule has 2 amide bonds. The Kier molecular flexibility index (Phi) is 2.74. The van der Waals surface area contributed by atoms with E-state index < -0.39 is 0 Å². The van der Waals surface area contributed by atoms with E-state index in [0.29, 0.717) is 11.5 Å². The van der Waals surface area contributed by atoms with Crippen molar-refractivity contribution in [1.82, 2.24) is 15.8 Å². The van der Waals surface area contributed by atoms with Crippen LogP contribution in [0.25, 0.3) is 10.9 Å². The zero-order chi connectivity index (χ0) is 13.4. The molecule has 0 radical (unpaired) electrons. The van der Waals surface area contributed by atoms with Crippen LogP contribution in [-0.2, 0) is 4.79 Å². The zero-order valence-corrected chi connectivity index (χ0v) is 10.6. The van der Waals surface area contributed by atoms with Gasteiger partial charge in [-0.3, -0.25) is 20.4 Å². The van der Waals surface area contributed by atoms with Crippen molar-refractivity contribution in [3.8, 4) is 0 Å². The van der Waals surface area contributed by atoms with Crippen molar-refractivity contribution in [3.63, 3.8) is 0 Å². The summed E-state index contributed by atoms with van der Waals surface area (Å²) in [5, 5.41) is 0.842. The number of H-pyrrole nitrogens is 1. The Morgan fingerprint density at radius 3 is 2.74 bits per heavy atom. The average molecular weight is 257 g/mol. The van der Waals surface area contributed by atoms with Crippen LogP contribution < -0.4 is 10.9 Å². The van der Waals surface area contributed by atoms with Crippen molar-refractivity contribution in [2.45, 2.75) is 13.3 Å². The normalized spacial score (nSPS) is 21.1. The fraction of sp³-hybridized carbons (Fsp3) is 0.286. The second kappa shape index (κ2) is 4.42. The molecule has 1 fully saturated rings. The first-order valence-electron chi connectivity index (χ1n) is 6.33. The molecule has 1 saturated carbocycles. The summed E-state index contributed by atoms with van der Waals surface area (Å²) < 4.78 is 0. The van der Waals surface area contributed by atoms with Gasteiger partial charge < -0.3 is 4.98 Å². The maximum Gasteiger partial charge on any atom is 0.271 e. The number of hydrazine groups is 1. The molecule has 2 unspecified atom stereocenters. The van der Waals surface area contributed by atoms with Gasteiger partial charge in [-0.25, -0.2) is 0 Å². The third-order valence-electron chi connectivity index (χ3n) is 3.58. The van der Waals surface area contributed by atoms with Crippen molar-refractivity contribution in [2.75, 3.05) is 0 Å². The molecule has 1 aromatic heterocycles. The number of benzene rings is 1. The van der Waals surface area contributed by atoms with E-state index in [1.54, 1.807) is 6.20 Å². The van der Waals surface area contributed by atoms with Crippen molar-refractivity contribution in [2.24, 2.45) is 11.8 Å². The maximum atomic E-state index is 12.0. The Morgan fingerprint density at radius 2 is 2.00 bits per heavy atom. The summed E-state index contributed by atoms with van der Waals surface area (Å²) in [6, 6.07) is 7.54. The number of fused-ring (bicyclic) bond motifs is 1. The number of amides is 2. The van der Waals surface area contributed by atoms with Gasteiger partial charge in [0.05, 0.1) is 5.56 Å². The summed E-state index contributed by atoms with van der Waals surface area (Å²) in [6.45, 7) is 2.02.